The summed E-state index contributed by atoms with van der Waals surface area (Å²) in [5, 5.41) is 4.55. The predicted molar refractivity (Wildman–Crippen MR) is 117 cm³/mol. The molecule has 160 valence electrons. The molecule has 2 bridgehead atoms. The number of halogens is 1. The second kappa shape index (κ2) is 8.17. The molecular formula is C22H24FN7O. The molecule has 4 N–H and O–H groups in total. The van der Waals surface area contributed by atoms with Gasteiger partial charge < -0.3 is 16.2 Å². The second-order valence-electron chi connectivity index (χ2n) is 7.25. The van der Waals surface area contributed by atoms with Crippen LogP contribution in [-0.4, -0.2) is 32.0 Å². The van der Waals surface area contributed by atoms with Crippen molar-refractivity contribution in [2.24, 2.45) is 10.7 Å². The van der Waals surface area contributed by atoms with Crippen molar-refractivity contribution in [1.29, 1.82) is 0 Å². The zero-order chi connectivity index (χ0) is 22.1. The van der Waals surface area contributed by atoms with Crippen molar-refractivity contribution in [2.75, 3.05) is 12.3 Å². The first-order chi connectivity index (χ1) is 14.9. The third-order valence-corrected chi connectivity index (χ3v) is 5.06. The van der Waals surface area contributed by atoms with Gasteiger partial charge in [0.1, 0.15) is 23.6 Å². The van der Waals surface area contributed by atoms with Crippen LogP contribution in [-0.2, 0) is 6.42 Å². The number of aliphatic imine (C=N–C) groups is 1. The lowest BCUT2D eigenvalue weighted by molar-refractivity contribution is 0.226. The Morgan fingerprint density at radius 2 is 2.16 bits per heavy atom. The molecule has 4 rings (SSSR count). The van der Waals surface area contributed by atoms with Gasteiger partial charge in [0.05, 0.1) is 11.4 Å². The molecule has 0 spiro atoms. The maximum absolute atomic E-state index is 14.2. The molecule has 3 heterocycles. The fourth-order valence-electron chi connectivity index (χ4n) is 3.67. The average molecular weight is 421 g/mol. The highest BCUT2D eigenvalue weighted by molar-refractivity contribution is 6.13. The number of ether oxygens (including phenoxy) is 1. The molecule has 1 atom stereocenters. The topological polar surface area (TPSA) is 117 Å². The van der Waals surface area contributed by atoms with Crippen LogP contribution in [0.15, 0.2) is 47.2 Å². The Labute approximate surface area is 179 Å². The smallest absolute Gasteiger partial charge is 0.166 e. The van der Waals surface area contributed by atoms with E-state index in [1.807, 2.05) is 20.8 Å². The van der Waals surface area contributed by atoms with Gasteiger partial charge in [0.2, 0.25) is 0 Å². The van der Waals surface area contributed by atoms with Crippen molar-refractivity contribution >= 4 is 11.5 Å². The number of aryl methyl sites for hydroxylation is 1. The van der Waals surface area contributed by atoms with Gasteiger partial charge in [-0.05, 0) is 51.2 Å². The van der Waals surface area contributed by atoms with Gasteiger partial charge in [0.15, 0.2) is 11.6 Å². The predicted octanol–water partition coefficient (Wildman–Crippen LogP) is 3.04. The number of fused-ring (bicyclic) bond motifs is 5. The number of rotatable bonds is 1. The summed E-state index contributed by atoms with van der Waals surface area (Å²) in [6, 6.07) is 6.27. The summed E-state index contributed by atoms with van der Waals surface area (Å²) in [6.07, 6.45) is 3.00. The van der Waals surface area contributed by atoms with Crippen LogP contribution in [0, 0.1) is 12.7 Å². The fraction of sp³-hybridized carbons (Fsp3) is 0.273. The number of aromatic nitrogens is 4. The highest BCUT2D eigenvalue weighted by atomic mass is 19.1. The lowest BCUT2D eigenvalue weighted by Gasteiger charge is -2.22. The summed E-state index contributed by atoms with van der Waals surface area (Å²) in [7, 11) is 0. The van der Waals surface area contributed by atoms with E-state index in [2.05, 4.69) is 20.1 Å². The number of benzene rings is 1. The first-order valence-corrected chi connectivity index (χ1v) is 10.0. The van der Waals surface area contributed by atoms with Crippen LogP contribution in [0.3, 0.4) is 0 Å². The monoisotopic (exact) mass is 421 g/mol. The molecular weight excluding hydrogens is 397 g/mol. The molecule has 8 nitrogen and oxygen atoms in total. The molecule has 3 aromatic rings. The fourth-order valence-corrected chi connectivity index (χ4v) is 3.67. The van der Waals surface area contributed by atoms with Crippen LogP contribution in [0.25, 0.3) is 5.69 Å². The zero-order valence-corrected chi connectivity index (χ0v) is 17.6. The molecule has 0 fully saturated rings. The van der Waals surface area contributed by atoms with E-state index in [1.165, 1.54) is 18.3 Å². The van der Waals surface area contributed by atoms with E-state index in [-0.39, 0.29) is 11.6 Å². The van der Waals surface area contributed by atoms with Gasteiger partial charge in [0, 0.05) is 35.9 Å². The van der Waals surface area contributed by atoms with E-state index in [4.69, 9.17) is 16.2 Å². The van der Waals surface area contributed by atoms with E-state index < -0.39 is 6.10 Å². The first-order valence-electron chi connectivity index (χ1n) is 10.0. The SMILES string of the molecule is CCN=C1C(=CN)Cc2nc(C)nn2-c2ccc(F)cc2[C@@H](C)Oc2cc1cnc2N. The molecule has 31 heavy (non-hydrogen) atoms. The van der Waals surface area contributed by atoms with E-state index in [1.54, 1.807) is 23.0 Å². The molecule has 9 heteroatoms. The Bertz CT molecular complexity index is 1200. The van der Waals surface area contributed by atoms with Gasteiger partial charge in [-0.3, -0.25) is 4.99 Å². The molecule has 0 aliphatic carbocycles. The Morgan fingerprint density at radius 3 is 2.90 bits per heavy atom. The van der Waals surface area contributed by atoms with Crippen molar-refractivity contribution in [3.8, 4) is 11.4 Å². The van der Waals surface area contributed by atoms with E-state index in [0.29, 0.717) is 47.3 Å². The Balaban J connectivity index is 2.00. The summed E-state index contributed by atoms with van der Waals surface area (Å²) < 4.78 is 22.0. The van der Waals surface area contributed by atoms with Gasteiger partial charge in [-0.1, -0.05) is 0 Å². The number of nitrogens with two attached hydrogens (primary N) is 2. The van der Waals surface area contributed by atoms with Crippen LogP contribution in [0.2, 0.25) is 0 Å². The lowest BCUT2D eigenvalue weighted by atomic mass is 10.00. The van der Waals surface area contributed by atoms with Crippen LogP contribution < -0.4 is 16.2 Å². The summed E-state index contributed by atoms with van der Waals surface area (Å²) in [5.41, 5.74) is 15.5. The number of pyridine rings is 1. The summed E-state index contributed by atoms with van der Waals surface area (Å²) in [5.74, 6) is 1.49. The maximum Gasteiger partial charge on any atom is 0.166 e. The van der Waals surface area contributed by atoms with Crippen molar-refractivity contribution in [3.05, 3.63) is 70.8 Å². The molecule has 2 aromatic heterocycles. The minimum Gasteiger partial charge on any atom is -0.482 e. The number of anilines is 1. The van der Waals surface area contributed by atoms with E-state index in [0.717, 1.165) is 11.1 Å². The standard InChI is InChI=1S/C22H24FN7O/c1-4-26-21-14(10-24)8-20-28-13(3)29-30(20)18-6-5-16(23)9-17(18)12(2)31-19-7-15(21)11-27-22(19)25/h5-7,9-12H,4,8,24H2,1-3H3,(H2,25,27)/t12-/m1/s1. The highest BCUT2D eigenvalue weighted by Crippen LogP contribution is 2.32. The molecule has 0 saturated carbocycles. The van der Waals surface area contributed by atoms with Crippen molar-refractivity contribution in [3.63, 3.8) is 0 Å². The Kier molecular flexibility index (Phi) is 5.41. The highest BCUT2D eigenvalue weighted by Gasteiger charge is 2.23. The minimum absolute atomic E-state index is 0.233. The van der Waals surface area contributed by atoms with Gasteiger partial charge >= 0.3 is 0 Å². The Hall–Kier alpha value is -3.75. The molecule has 0 amide bonds. The number of hydrogen-bond donors (Lipinski definition) is 2. The van der Waals surface area contributed by atoms with E-state index >= 15 is 0 Å². The third-order valence-electron chi connectivity index (χ3n) is 5.06. The van der Waals surface area contributed by atoms with Crippen molar-refractivity contribution in [2.45, 2.75) is 33.3 Å². The van der Waals surface area contributed by atoms with Crippen molar-refractivity contribution in [1.82, 2.24) is 19.7 Å². The summed E-state index contributed by atoms with van der Waals surface area (Å²) in [6.45, 7) is 6.13. The molecule has 1 aromatic carbocycles. The van der Waals surface area contributed by atoms with Gasteiger partial charge in [0.25, 0.3) is 0 Å². The minimum atomic E-state index is -0.530. The van der Waals surface area contributed by atoms with Crippen LogP contribution in [0.1, 0.15) is 42.7 Å². The molecule has 0 saturated heterocycles. The zero-order valence-electron chi connectivity index (χ0n) is 17.6. The quantitative estimate of drug-likeness (QED) is 0.624. The normalized spacial score (nSPS) is 18.6. The van der Waals surface area contributed by atoms with Crippen LogP contribution in [0.5, 0.6) is 5.75 Å². The lowest BCUT2D eigenvalue weighted by Crippen LogP contribution is -2.18. The summed E-state index contributed by atoms with van der Waals surface area (Å²) in [4.78, 5) is 13.5. The van der Waals surface area contributed by atoms with Gasteiger partial charge in [-0.25, -0.2) is 19.0 Å². The largest absolute Gasteiger partial charge is 0.482 e. The summed E-state index contributed by atoms with van der Waals surface area (Å²) >= 11 is 0. The van der Waals surface area contributed by atoms with Gasteiger partial charge in [-0.2, -0.15) is 5.10 Å². The number of nitrogens with zero attached hydrogens (tertiary/aromatic N) is 5. The molecule has 1 aliphatic heterocycles. The van der Waals surface area contributed by atoms with Crippen LogP contribution >= 0.6 is 0 Å². The maximum atomic E-state index is 14.2. The second-order valence-corrected chi connectivity index (χ2v) is 7.25. The third kappa shape index (κ3) is 3.86. The van der Waals surface area contributed by atoms with Gasteiger partial charge in [-0.15, -0.1) is 0 Å². The van der Waals surface area contributed by atoms with Crippen LogP contribution in [0.4, 0.5) is 10.2 Å². The average Bonchev–Trinajstić information content (AvgIpc) is 3.11. The molecule has 0 unspecified atom stereocenters. The molecule has 0 radical (unpaired) electrons. The first kappa shape index (κ1) is 20.5. The number of nitrogen functional groups attached to an aromatic ring is 1. The van der Waals surface area contributed by atoms with Crippen molar-refractivity contribution < 1.29 is 9.13 Å². The number of hydrogen-bond acceptors (Lipinski definition) is 7. The molecule has 1 aliphatic rings. The van der Waals surface area contributed by atoms with E-state index in [9.17, 15) is 4.39 Å². The number of allylic oxidation sites excluding steroid dienone is 1. The Morgan fingerprint density at radius 1 is 1.35 bits per heavy atom.